The quantitative estimate of drug-likeness (QED) is 0.865. The summed E-state index contributed by atoms with van der Waals surface area (Å²) in [6, 6.07) is 8.38. The summed E-state index contributed by atoms with van der Waals surface area (Å²) in [4.78, 5) is 14.2. The Labute approximate surface area is 129 Å². The minimum atomic E-state index is -0.105. The molecule has 1 heterocycles. The molecule has 0 bridgehead atoms. The van der Waals surface area contributed by atoms with Crippen molar-refractivity contribution in [1.82, 2.24) is 15.8 Å². The molecule has 0 radical (unpaired) electrons. The van der Waals surface area contributed by atoms with Crippen molar-refractivity contribution in [1.29, 1.82) is 0 Å². The van der Waals surface area contributed by atoms with E-state index in [1.807, 2.05) is 31.3 Å². The highest BCUT2D eigenvalue weighted by molar-refractivity contribution is 9.10. The third-order valence-corrected chi connectivity index (χ3v) is 4.16. The fraction of sp³-hybridized carbons (Fsp3) is 0.533. The van der Waals surface area contributed by atoms with Crippen LogP contribution in [-0.4, -0.2) is 29.9 Å². The zero-order valence-electron chi connectivity index (χ0n) is 12.0. The Morgan fingerprint density at radius 1 is 1.35 bits per heavy atom. The van der Waals surface area contributed by atoms with Gasteiger partial charge in [-0.3, -0.25) is 10.2 Å². The van der Waals surface area contributed by atoms with E-state index in [0.29, 0.717) is 12.6 Å². The van der Waals surface area contributed by atoms with Crippen molar-refractivity contribution in [3.05, 3.63) is 34.3 Å². The molecule has 2 unspecified atom stereocenters. The molecule has 0 spiro atoms. The standard InChI is InChI=1S/C15H22BrN3O/c1-3-4-13-9-14(18-17-13)15(20)19(2)10-11-5-7-12(16)8-6-11/h5-8,13-14,17-18H,3-4,9-10H2,1-2H3. The highest BCUT2D eigenvalue weighted by atomic mass is 79.9. The van der Waals surface area contributed by atoms with E-state index in [0.717, 1.165) is 29.3 Å². The summed E-state index contributed by atoms with van der Waals surface area (Å²) in [6.07, 6.45) is 3.11. The lowest BCUT2D eigenvalue weighted by Crippen LogP contribution is -2.43. The SMILES string of the molecule is CCCC1CC(C(=O)N(C)Cc2ccc(Br)cc2)NN1. The Morgan fingerprint density at radius 3 is 2.70 bits per heavy atom. The number of benzene rings is 1. The smallest absolute Gasteiger partial charge is 0.241 e. The highest BCUT2D eigenvalue weighted by Crippen LogP contribution is 2.15. The zero-order chi connectivity index (χ0) is 14.5. The average Bonchev–Trinajstić information content (AvgIpc) is 2.89. The molecule has 0 aromatic heterocycles. The van der Waals surface area contributed by atoms with E-state index in [1.54, 1.807) is 4.90 Å². The van der Waals surface area contributed by atoms with Gasteiger partial charge < -0.3 is 4.90 Å². The molecule has 1 fully saturated rings. The summed E-state index contributed by atoms with van der Waals surface area (Å²) in [5.41, 5.74) is 7.47. The van der Waals surface area contributed by atoms with Gasteiger partial charge in [-0.1, -0.05) is 41.4 Å². The van der Waals surface area contributed by atoms with Crippen LogP contribution in [0.5, 0.6) is 0 Å². The largest absolute Gasteiger partial charge is 0.340 e. The third-order valence-electron chi connectivity index (χ3n) is 3.63. The van der Waals surface area contributed by atoms with E-state index in [1.165, 1.54) is 0 Å². The molecule has 5 heteroatoms. The summed E-state index contributed by atoms with van der Waals surface area (Å²) in [6.45, 7) is 2.80. The molecule has 4 nitrogen and oxygen atoms in total. The average molecular weight is 340 g/mol. The first kappa shape index (κ1) is 15.5. The predicted molar refractivity (Wildman–Crippen MR) is 84.0 cm³/mol. The molecular formula is C15H22BrN3O. The summed E-state index contributed by atoms with van der Waals surface area (Å²) >= 11 is 3.42. The van der Waals surface area contributed by atoms with Gasteiger partial charge in [0.1, 0.15) is 6.04 Å². The van der Waals surface area contributed by atoms with Crippen molar-refractivity contribution in [2.45, 2.75) is 44.8 Å². The van der Waals surface area contributed by atoms with Crippen LogP contribution in [0.1, 0.15) is 31.7 Å². The minimum absolute atomic E-state index is 0.105. The van der Waals surface area contributed by atoms with Crippen LogP contribution >= 0.6 is 15.9 Å². The van der Waals surface area contributed by atoms with Gasteiger partial charge in [0.05, 0.1) is 0 Å². The second kappa shape index (κ2) is 7.20. The van der Waals surface area contributed by atoms with Crippen LogP contribution in [0, 0.1) is 0 Å². The fourth-order valence-electron chi connectivity index (χ4n) is 2.53. The van der Waals surface area contributed by atoms with Gasteiger partial charge >= 0.3 is 0 Å². The minimum Gasteiger partial charge on any atom is -0.340 e. The number of nitrogens with zero attached hydrogens (tertiary/aromatic N) is 1. The second-order valence-corrected chi connectivity index (χ2v) is 6.30. The Balaban J connectivity index is 1.87. The van der Waals surface area contributed by atoms with Crippen molar-refractivity contribution in [2.75, 3.05) is 7.05 Å². The van der Waals surface area contributed by atoms with Gasteiger partial charge in [-0.25, -0.2) is 5.43 Å². The molecule has 1 saturated heterocycles. The third kappa shape index (κ3) is 4.04. The number of carbonyl (C=O) groups excluding carboxylic acids is 1. The van der Waals surface area contributed by atoms with Gasteiger partial charge in [0, 0.05) is 24.1 Å². The normalized spacial score (nSPS) is 21.9. The number of hydrogen-bond acceptors (Lipinski definition) is 3. The van der Waals surface area contributed by atoms with E-state index in [-0.39, 0.29) is 11.9 Å². The van der Waals surface area contributed by atoms with Crippen molar-refractivity contribution < 1.29 is 4.79 Å². The number of amides is 1. The molecule has 0 saturated carbocycles. The molecule has 0 aliphatic carbocycles. The maximum absolute atomic E-state index is 12.4. The molecule has 1 aromatic carbocycles. The molecule has 2 atom stereocenters. The first-order valence-corrected chi connectivity index (χ1v) is 7.90. The van der Waals surface area contributed by atoms with Crippen molar-refractivity contribution in [3.8, 4) is 0 Å². The second-order valence-electron chi connectivity index (χ2n) is 5.38. The summed E-state index contributed by atoms with van der Waals surface area (Å²) < 4.78 is 1.05. The van der Waals surface area contributed by atoms with Crippen molar-refractivity contribution in [2.24, 2.45) is 0 Å². The molecule has 1 aliphatic rings. The van der Waals surface area contributed by atoms with Crippen LogP contribution in [0.25, 0.3) is 0 Å². The van der Waals surface area contributed by atoms with Crippen LogP contribution in [0.15, 0.2) is 28.7 Å². The zero-order valence-corrected chi connectivity index (χ0v) is 13.6. The van der Waals surface area contributed by atoms with Crippen LogP contribution < -0.4 is 10.9 Å². The lowest BCUT2D eigenvalue weighted by molar-refractivity contribution is -0.132. The van der Waals surface area contributed by atoms with Crippen LogP contribution in [0.3, 0.4) is 0 Å². The van der Waals surface area contributed by atoms with E-state index in [9.17, 15) is 4.79 Å². The number of nitrogens with one attached hydrogen (secondary N) is 2. The monoisotopic (exact) mass is 339 g/mol. The molecule has 1 aromatic rings. The van der Waals surface area contributed by atoms with Crippen molar-refractivity contribution >= 4 is 21.8 Å². The summed E-state index contributed by atoms with van der Waals surface area (Å²) in [5, 5.41) is 0. The summed E-state index contributed by atoms with van der Waals surface area (Å²) in [7, 11) is 1.86. The van der Waals surface area contributed by atoms with E-state index in [4.69, 9.17) is 0 Å². The van der Waals surface area contributed by atoms with Crippen molar-refractivity contribution in [3.63, 3.8) is 0 Å². The molecule has 1 amide bonds. The Bertz CT molecular complexity index is 449. The Hall–Kier alpha value is -0.910. The summed E-state index contributed by atoms with van der Waals surface area (Å²) in [5.74, 6) is 0.152. The Morgan fingerprint density at radius 2 is 2.05 bits per heavy atom. The van der Waals surface area contributed by atoms with Crippen LogP contribution in [0.4, 0.5) is 0 Å². The first-order chi connectivity index (χ1) is 9.60. The number of likely N-dealkylation sites (N-methyl/N-ethyl adjacent to an activating group) is 1. The number of hydrazine groups is 1. The molecule has 20 heavy (non-hydrogen) atoms. The number of carbonyl (C=O) groups is 1. The molecular weight excluding hydrogens is 318 g/mol. The van der Waals surface area contributed by atoms with Crippen LogP contribution in [-0.2, 0) is 11.3 Å². The molecule has 2 rings (SSSR count). The first-order valence-electron chi connectivity index (χ1n) is 7.10. The maximum Gasteiger partial charge on any atom is 0.241 e. The number of halogens is 1. The van der Waals surface area contributed by atoms with Gasteiger partial charge in [0.2, 0.25) is 5.91 Å². The van der Waals surface area contributed by atoms with E-state index < -0.39 is 0 Å². The molecule has 2 N–H and O–H groups in total. The predicted octanol–water partition coefficient (Wildman–Crippen LogP) is 2.44. The van der Waals surface area contributed by atoms with Gasteiger partial charge in [-0.2, -0.15) is 0 Å². The topological polar surface area (TPSA) is 44.4 Å². The molecule has 1 aliphatic heterocycles. The van der Waals surface area contributed by atoms with E-state index in [2.05, 4.69) is 33.7 Å². The van der Waals surface area contributed by atoms with Gasteiger partial charge in [-0.15, -0.1) is 0 Å². The fourth-order valence-corrected chi connectivity index (χ4v) is 2.79. The van der Waals surface area contributed by atoms with Gasteiger partial charge in [-0.05, 0) is 30.5 Å². The van der Waals surface area contributed by atoms with Gasteiger partial charge in [0.25, 0.3) is 0 Å². The molecule has 110 valence electrons. The lowest BCUT2D eigenvalue weighted by atomic mass is 10.1. The Kier molecular flexibility index (Phi) is 5.57. The van der Waals surface area contributed by atoms with E-state index >= 15 is 0 Å². The maximum atomic E-state index is 12.4. The van der Waals surface area contributed by atoms with Crippen LogP contribution in [0.2, 0.25) is 0 Å². The number of rotatable bonds is 5. The van der Waals surface area contributed by atoms with Gasteiger partial charge in [0.15, 0.2) is 0 Å². The number of hydrogen-bond donors (Lipinski definition) is 2. The lowest BCUT2D eigenvalue weighted by Gasteiger charge is -2.21. The highest BCUT2D eigenvalue weighted by Gasteiger charge is 2.30.